The quantitative estimate of drug-likeness (QED) is 0.419. The van der Waals surface area contributed by atoms with Gasteiger partial charge in [-0.25, -0.2) is 0 Å². The van der Waals surface area contributed by atoms with Crippen LogP contribution in [-0.4, -0.2) is 19.1 Å². The summed E-state index contributed by atoms with van der Waals surface area (Å²) in [6.45, 7) is 10.3. The van der Waals surface area contributed by atoms with E-state index in [-0.39, 0.29) is 0 Å². The summed E-state index contributed by atoms with van der Waals surface area (Å²) in [4.78, 5) is 3.58. The molecule has 0 bridgehead atoms. The highest BCUT2D eigenvalue weighted by molar-refractivity contribution is 5.97. The maximum atomic E-state index is 3.72. The molecule has 0 radical (unpaired) electrons. The fourth-order valence-corrected chi connectivity index (χ4v) is 0.415. The van der Waals surface area contributed by atoms with Gasteiger partial charge in [-0.3, -0.25) is 4.99 Å². The Bertz CT molecular complexity index is 167. The van der Waals surface area contributed by atoms with Crippen molar-refractivity contribution in [2.24, 2.45) is 15.2 Å². The molecule has 0 aliphatic carbocycles. The Morgan fingerprint density at radius 2 is 1.90 bits per heavy atom. The van der Waals surface area contributed by atoms with Crippen molar-refractivity contribution in [2.45, 2.75) is 13.8 Å². The van der Waals surface area contributed by atoms with Crippen LogP contribution in [0.4, 0.5) is 0 Å². The molecule has 0 saturated carbocycles. The molecule has 0 aliphatic heterocycles. The number of hydrogen-bond donors (Lipinski definition) is 0. The van der Waals surface area contributed by atoms with Gasteiger partial charge < -0.3 is 0 Å². The van der Waals surface area contributed by atoms with Gasteiger partial charge in [-0.1, -0.05) is 0 Å². The first-order valence-corrected chi connectivity index (χ1v) is 2.85. The van der Waals surface area contributed by atoms with Crippen LogP contribution in [0.15, 0.2) is 27.0 Å². The van der Waals surface area contributed by atoms with Crippen molar-refractivity contribution in [3.63, 3.8) is 0 Å². The summed E-state index contributed by atoms with van der Waals surface area (Å²) in [6.07, 6.45) is 1.63. The number of allylic oxidation sites excluding steroid dienone is 1. The van der Waals surface area contributed by atoms with E-state index in [1.54, 1.807) is 6.20 Å². The zero-order valence-electron chi connectivity index (χ0n) is 6.33. The van der Waals surface area contributed by atoms with Crippen molar-refractivity contribution in [2.75, 3.05) is 0 Å². The molecule has 0 aromatic heterocycles. The minimum atomic E-state index is 0.808. The molecule has 0 fully saturated rings. The van der Waals surface area contributed by atoms with Gasteiger partial charge in [0.2, 0.25) is 0 Å². The normalized spacial score (nSPS) is 13.0. The molecule has 0 aromatic rings. The summed E-state index contributed by atoms with van der Waals surface area (Å²) in [5, 5.41) is 7.09. The highest BCUT2D eigenvalue weighted by Gasteiger charge is 1.90. The first kappa shape index (κ1) is 8.75. The molecule has 0 amide bonds. The summed E-state index contributed by atoms with van der Waals surface area (Å²) >= 11 is 0. The maximum absolute atomic E-state index is 3.72. The van der Waals surface area contributed by atoms with Crippen LogP contribution in [-0.2, 0) is 0 Å². The zero-order valence-corrected chi connectivity index (χ0v) is 6.33. The van der Waals surface area contributed by atoms with Crippen molar-refractivity contribution >= 4 is 19.1 Å². The van der Waals surface area contributed by atoms with E-state index in [9.17, 15) is 0 Å². The average molecular weight is 137 g/mol. The molecule has 54 valence electrons. The fourth-order valence-electron chi connectivity index (χ4n) is 0.415. The second kappa shape index (κ2) is 4.61. The fraction of sp³-hybridized carbons (Fsp3) is 0.286. The first-order chi connectivity index (χ1) is 4.72. The summed E-state index contributed by atoms with van der Waals surface area (Å²) < 4.78 is 0. The summed E-state index contributed by atoms with van der Waals surface area (Å²) in [7, 11) is 0. The lowest BCUT2D eigenvalue weighted by atomic mass is 10.2. The van der Waals surface area contributed by atoms with Gasteiger partial charge in [0.25, 0.3) is 0 Å². The lowest BCUT2D eigenvalue weighted by Crippen LogP contribution is -1.90. The SMILES string of the molecule is C=N/C=C(C)/C(C)=N/N=C. The Morgan fingerprint density at radius 3 is 2.30 bits per heavy atom. The molecule has 0 atom stereocenters. The van der Waals surface area contributed by atoms with E-state index in [4.69, 9.17) is 0 Å². The van der Waals surface area contributed by atoms with Crippen molar-refractivity contribution in [1.82, 2.24) is 0 Å². The molecule has 0 saturated heterocycles. The predicted octanol–water partition coefficient (Wildman–Crippen LogP) is 1.67. The molecule has 0 rings (SSSR count). The van der Waals surface area contributed by atoms with Gasteiger partial charge in [0.15, 0.2) is 0 Å². The number of hydrogen-bond acceptors (Lipinski definition) is 3. The summed E-state index contributed by atoms with van der Waals surface area (Å²) in [5.74, 6) is 0. The van der Waals surface area contributed by atoms with Crippen LogP contribution in [0, 0.1) is 0 Å². The Kier molecular flexibility index (Phi) is 4.04. The van der Waals surface area contributed by atoms with Gasteiger partial charge in [-0.2, -0.15) is 10.2 Å². The van der Waals surface area contributed by atoms with Gasteiger partial charge >= 0.3 is 0 Å². The highest BCUT2D eigenvalue weighted by Crippen LogP contribution is 1.96. The Balaban J connectivity index is 4.33. The zero-order chi connectivity index (χ0) is 7.98. The Labute approximate surface area is 60.9 Å². The van der Waals surface area contributed by atoms with Crippen LogP contribution >= 0.6 is 0 Å². The minimum absolute atomic E-state index is 0.808. The topological polar surface area (TPSA) is 37.1 Å². The van der Waals surface area contributed by atoms with Crippen LogP contribution in [0.3, 0.4) is 0 Å². The van der Waals surface area contributed by atoms with Crippen molar-refractivity contribution in [1.29, 1.82) is 0 Å². The van der Waals surface area contributed by atoms with Gasteiger partial charge in [-0.15, -0.1) is 0 Å². The van der Waals surface area contributed by atoms with E-state index in [0.29, 0.717) is 0 Å². The molecule has 0 spiro atoms. The average Bonchev–Trinajstić information content (AvgIpc) is 1.89. The van der Waals surface area contributed by atoms with Gasteiger partial charge in [-0.05, 0) is 26.1 Å². The molecule has 10 heavy (non-hydrogen) atoms. The smallest absolute Gasteiger partial charge is 0.0643 e. The molecule has 0 aromatic carbocycles. The largest absolute Gasteiger partial charge is 0.272 e. The van der Waals surface area contributed by atoms with E-state index < -0.39 is 0 Å². The second-order valence-corrected chi connectivity index (χ2v) is 1.82. The van der Waals surface area contributed by atoms with Crippen molar-refractivity contribution in [3.05, 3.63) is 11.8 Å². The third-order valence-electron chi connectivity index (χ3n) is 1.08. The second-order valence-electron chi connectivity index (χ2n) is 1.82. The lowest BCUT2D eigenvalue weighted by Gasteiger charge is -1.93. The van der Waals surface area contributed by atoms with Crippen molar-refractivity contribution in [3.8, 4) is 0 Å². The maximum Gasteiger partial charge on any atom is 0.0643 e. The first-order valence-electron chi connectivity index (χ1n) is 2.85. The van der Waals surface area contributed by atoms with Crippen LogP contribution in [0.2, 0.25) is 0 Å². The molecule has 0 heterocycles. The monoisotopic (exact) mass is 137 g/mol. The van der Waals surface area contributed by atoms with Crippen molar-refractivity contribution < 1.29 is 0 Å². The number of nitrogens with zero attached hydrogens (tertiary/aromatic N) is 3. The molecule has 0 unspecified atom stereocenters. The number of rotatable bonds is 3. The van der Waals surface area contributed by atoms with Crippen LogP contribution < -0.4 is 0 Å². The molecule has 3 heteroatoms. The third-order valence-corrected chi connectivity index (χ3v) is 1.08. The number of aliphatic imine (C=N–C) groups is 1. The highest BCUT2D eigenvalue weighted by atomic mass is 15.2. The van der Waals surface area contributed by atoms with Gasteiger partial charge in [0.05, 0.1) is 5.71 Å². The molecule has 3 nitrogen and oxygen atoms in total. The van der Waals surface area contributed by atoms with Crippen LogP contribution in [0.1, 0.15) is 13.8 Å². The lowest BCUT2D eigenvalue weighted by molar-refractivity contribution is 1.24. The Morgan fingerprint density at radius 1 is 1.30 bits per heavy atom. The van der Waals surface area contributed by atoms with Crippen LogP contribution in [0.5, 0.6) is 0 Å². The minimum Gasteiger partial charge on any atom is -0.272 e. The standard InChI is InChI=1S/C7H11N3/c1-6(5-8-3)7(2)10-9-4/h5H,3-4H2,1-2H3/b6-5+,10-7+. The van der Waals surface area contributed by atoms with Gasteiger partial charge in [0.1, 0.15) is 0 Å². The Hall–Kier alpha value is -1.25. The van der Waals surface area contributed by atoms with E-state index >= 15 is 0 Å². The van der Waals surface area contributed by atoms with E-state index in [2.05, 4.69) is 28.6 Å². The third kappa shape index (κ3) is 2.91. The van der Waals surface area contributed by atoms with Crippen LogP contribution in [0.25, 0.3) is 0 Å². The van der Waals surface area contributed by atoms with Gasteiger partial charge in [0, 0.05) is 12.9 Å². The predicted molar refractivity (Wildman–Crippen MR) is 46.0 cm³/mol. The molecular weight excluding hydrogens is 126 g/mol. The summed E-state index contributed by atoms with van der Waals surface area (Å²) in [6, 6.07) is 0. The van der Waals surface area contributed by atoms with E-state index in [0.717, 1.165) is 11.3 Å². The van der Waals surface area contributed by atoms with E-state index in [1.165, 1.54) is 0 Å². The molecular formula is C7H11N3. The molecule has 0 N–H and O–H groups in total. The van der Waals surface area contributed by atoms with E-state index in [1.807, 2.05) is 13.8 Å². The molecule has 0 aliphatic rings. The summed E-state index contributed by atoms with van der Waals surface area (Å²) in [5.41, 5.74) is 1.75.